The van der Waals surface area contributed by atoms with Crippen LogP contribution in [0.2, 0.25) is 0 Å². The van der Waals surface area contributed by atoms with Crippen LogP contribution in [0, 0.1) is 0 Å². The molecule has 0 aliphatic rings. The van der Waals surface area contributed by atoms with Crippen LogP contribution in [0.1, 0.15) is 13.3 Å². The number of esters is 1. The minimum atomic E-state index is -0.242. The highest BCUT2D eigenvalue weighted by molar-refractivity contribution is 5.71. The topological polar surface area (TPSA) is 38.3 Å². The molecule has 0 rings (SSSR count). The average molecular weight is 157 g/mol. The molecule has 1 N–H and O–H groups in total. The Hall–Kier alpha value is -0.830. The zero-order valence-corrected chi connectivity index (χ0v) is 7.14. The van der Waals surface area contributed by atoms with Gasteiger partial charge < -0.3 is 10.1 Å². The lowest BCUT2D eigenvalue weighted by atomic mass is 10.2. The third kappa shape index (κ3) is 5.61. The fraction of sp³-hybridized carbons (Fsp3) is 0.625. The number of rotatable bonds is 5. The van der Waals surface area contributed by atoms with Gasteiger partial charge in [0, 0.05) is 6.54 Å². The maximum atomic E-state index is 10.6. The van der Waals surface area contributed by atoms with Gasteiger partial charge in [-0.1, -0.05) is 19.1 Å². The van der Waals surface area contributed by atoms with Crippen molar-refractivity contribution in [3.63, 3.8) is 0 Å². The SMILES string of the molecule is C=C(CC)CNCC(=O)OC. The van der Waals surface area contributed by atoms with E-state index >= 15 is 0 Å². The van der Waals surface area contributed by atoms with E-state index in [1.807, 2.05) is 6.92 Å². The highest BCUT2D eigenvalue weighted by atomic mass is 16.5. The van der Waals surface area contributed by atoms with Crippen molar-refractivity contribution in [2.75, 3.05) is 20.2 Å². The maximum Gasteiger partial charge on any atom is 0.319 e. The predicted molar refractivity (Wildman–Crippen MR) is 44.3 cm³/mol. The Morgan fingerprint density at radius 3 is 2.64 bits per heavy atom. The van der Waals surface area contributed by atoms with E-state index in [-0.39, 0.29) is 12.5 Å². The Morgan fingerprint density at radius 1 is 1.55 bits per heavy atom. The number of hydrogen-bond donors (Lipinski definition) is 1. The maximum absolute atomic E-state index is 10.6. The Bertz CT molecular complexity index is 127. The predicted octanol–water partition coefficient (Wildman–Crippen LogP) is 0.715. The van der Waals surface area contributed by atoms with Gasteiger partial charge in [-0.15, -0.1) is 0 Å². The van der Waals surface area contributed by atoms with Crippen molar-refractivity contribution in [1.82, 2.24) is 5.32 Å². The molecule has 64 valence electrons. The van der Waals surface area contributed by atoms with Crippen LogP contribution in [0.25, 0.3) is 0 Å². The molecule has 0 saturated heterocycles. The van der Waals surface area contributed by atoms with Crippen LogP contribution in [0.5, 0.6) is 0 Å². The van der Waals surface area contributed by atoms with Gasteiger partial charge in [-0.25, -0.2) is 0 Å². The molecule has 0 aliphatic carbocycles. The number of carbonyl (C=O) groups is 1. The minimum Gasteiger partial charge on any atom is -0.468 e. The van der Waals surface area contributed by atoms with E-state index in [1.54, 1.807) is 0 Å². The smallest absolute Gasteiger partial charge is 0.319 e. The lowest BCUT2D eigenvalue weighted by Gasteiger charge is -2.03. The normalized spacial score (nSPS) is 9.27. The van der Waals surface area contributed by atoms with Gasteiger partial charge in [-0.05, 0) is 6.42 Å². The lowest BCUT2D eigenvalue weighted by molar-refractivity contribution is -0.139. The molecule has 3 heteroatoms. The van der Waals surface area contributed by atoms with Crippen LogP contribution in [-0.2, 0) is 9.53 Å². The third-order valence-electron chi connectivity index (χ3n) is 1.37. The molecule has 0 fully saturated rings. The van der Waals surface area contributed by atoms with Crippen LogP contribution in [0.3, 0.4) is 0 Å². The van der Waals surface area contributed by atoms with Crippen molar-refractivity contribution in [1.29, 1.82) is 0 Å². The molecular weight excluding hydrogens is 142 g/mol. The molecule has 3 nitrogen and oxygen atoms in total. The zero-order valence-electron chi connectivity index (χ0n) is 7.14. The van der Waals surface area contributed by atoms with Crippen molar-refractivity contribution in [2.45, 2.75) is 13.3 Å². The first-order chi connectivity index (χ1) is 5.20. The summed E-state index contributed by atoms with van der Waals surface area (Å²) in [5, 5.41) is 2.91. The van der Waals surface area contributed by atoms with Crippen LogP contribution < -0.4 is 5.32 Å². The van der Waals surface area contributed by atoms with Crippen molar-refractivity contribution in [2.24, 2.45) is 0 Å². The fourth-order valence-corrected chi connectivity index (χ4v) is 0.539. The molecule has 0 aliphatic heterocycles. The summed E-state index contributed by atoms with van der Waals surface area (Å²) in [5.41, 5.74) is 1.09. The van der Waals surface area contributed by atoms with Gasteiger partial charge in [0.15, 0.2) is 0 Å². The molecule has 0 saturated carbocycles. The van der Waals surface area contributed by atoms with E-state index in [9.17, 15) is 4.79 Å². The van der Waals surface area contributed by atoms with E-state index in [1.165, 1.54) is 7.11 Å². The molecule has 0 heterocycles. The summed E-state index contributed by atoms with van der Waals surface area (Å²) in [6.45, 7) is 6.76. The van der Waals surface area contributed by atoms with Gasteiger partial charge in [0.1, 0.15) is 0 Å². The van der Waals surface area contributed by atoms with Gasteiger partial charge in [-0.2, -0.15) is 0 Å². The second kappa shape index (κ2) is 5.92. The molecule has 0 aromatic rings. The summed E-state index contributed by atoms with van der Waals surface area (Å²) in [7, 11) is 1.37. The van der Waals surface area contributed by atoms with E-state index in [0.717, 1.165) is 12.0 Å². The molecule has 0 radical (unpaired) electrons. The van der Waals surface area contributed by atoms with Crippen LogP contribution in [0.4, 0.5) is 0 Å². The molecule has 0 aromatic carbocycles. The molecule has 0 spiro atoms. The Labute approximate surface area is 67.4 Å². The monoisotopic (exact) mass is 157 g/mol. The van der Waals surface area contributed by atoms with E-state index < -0.39 is 0 Å². The molecule has 0 aromatic heterocycles. The lowest BCUT2D eigenvalue weighted by Crippen LogP contribution is -2.25. The summed E-state index contributed by atoms with van der Waals surface area (Å²) >= 11 is 0. The van der Waals surface area contributed by atoms with Crippen molar-refractivity contribution in [3.05, 3.63) is 12.2 Å². The minimum absolute atomic E-state index is 0.242. The van der Waals surface area contributed by atoms with Gasteiger partial charge >= 0.3 is 5.97 Å². The summed E-state index contributed by atoms with van der Waals surface area (Å²) in [5.74, 6) is -0.242. The number of methoxy groups -OCH3 is 1. The van der Waals surface area contributed by atoms with E-state index in [2.05, 4.69) is 16.6 Å². The molecule has 11 heavy (non-hydrogen) atoms. The van der Waals surface area contributed by atoms with E-state index in [0.29, 0.717) is 6.54 Å². The Morgan fingerprint density at radius 2 is 2.18 bits per heavy atom. The number of nitrogens with one attached hydrogen (secondary N) is 1. The van der Waals surface area contributed by atoms with Crippen LogP contribution in [0.15, 0.2) is 12.2 Å². The first kappa shape index (κ1) is 10.2. The second-order valence-corrected chi connectivity index (χ2v) is 2.28. The van der Waals surface area contributed by atoms with Gasteiger partial charge in [0.2, 0.25) is 0 Å². The van der Waals surface area contributed by atoms with Crippen molar-refractivity contribution < 1.29 is 9.53 Å². The molecule has 0 atom stereocenters. The Kier molecular flexibility index (Phi) is 5.47. The largest absolute Gasteiger partial charge is 0.468 e. The number of carbonyl (C=O) groups excluding carboxylic acids is 1. The van der Waals surface area contributed by atoms with Crippen molar-refractivity contribution in [3.8, 4) is 0 Å². The van der Waals surface area contributed by atoms with Crippen LogP contribution >= 0.6 is 0 Å². The van der Waals surface area contributed by atoms with E-state index in [4.69, 9.17) is 0 Å². The summed E-state index contributed by atoms with van der Waals surface area (Å²) < 4.78 is 4.43. The molecule has 0 amide bonds. The summed E-state index contributed by atoms with van der Waals surface area (Å²) in [6.07, 6.45) is 0.939. The highest BCUT2D eigenvalue weighted by Crippen LogP contribution is 1.91. The summed E-state index contributed by atoms with van der Waals surface area (Å²) in [6, 6.07) is 0. The zero-order chi connectivity index (χ0) is 8.69. The van der Waals surface area contributed by atoms with Gasteiger partial charge in [0.25, 0.3) is 0 Å². The van der Waals surface area contributed by atoms with Gasteiger partial charge in [0.05, 0.1) is 13.7 Å². The first-order valence-electron chi connectivity index (χ1n) is 3.64. The second-order valence-electron chi connectivity index (χ2n) is 2.28. The number of hydrogen-bond acceptors (Lipinski definition) is 3. The first-order valence-corrected chi connectivity index (χ1v) is 3.64. The quantitative estimate of drug-likeness (QED) is 0.472. The molecule has 0 unspecified atom stereocenters. The number of ether oxygens (including phenoxy) is 1. The standard InChI is InChI=1S/C8H15NO2/c1-4-7(2)5-9-6-8(10)11-3/h9H,2,4-6H2,1,3H3. The highest BCUT2D eigenvalue weighted by Gasteiger charge is 1.97. The fourth-order valence-electron chi connectivity index (χ4n) is 0.539. The van der Waals surface area contributed by atoms with Crippen molar-refractivity contribution >= 4 is 5.97 Å². The molecular formula is C8H15NO2. The summed E-state index contributed by atoms with van der Waals surface area (Å²) in [4.78, 5) is 10.6. The average Bonchev–Trinajstić information content (AvgIpc) is 2.04. The van der Waals surface area contributed by atoms with Crippen LogP contribution in [-0.4, -0.2) is 26.2 Å². The molecule has 0 bridgehead atoms. The van der Waals surface area contributed by atoms with Gasteiger partial charge in [-0.3, -0.25) is 4.79 Å². The Balaban J connectivity index is 3.27. The third-order valence-corrected chi connectivity index (χ3v) is 1.37.